The van der Waals surface area contributed by atoms with E-state index in [9.17, 15) is 10.4 Å². The van der Waals surface area contributed by atoms with Crippen molar-refractivity contribution in [3.8, 4) is 17.6 Å². The summed E-state index contributed by atoms with van der Waals surface area (Å²) in [6, 6.07) is 19.6. The Morgan fingerprint density at radius 3 is 2.59 bits per heavy atom. The number of aliphatic hydroxyl groups is 1. The first-order chi connectivity index (χ1) is 15.6. The summed E-state index contributed by atoms with van der Waals surface area (Å²) >= 11 is 0. The van der Waals surface area contributed by atoms with Crippen LogP contribution in [-0.2, 0) is 11.2 Å². The lowest BCUT2D eigenvalue weighted by Crippen LogP contribution is -2.50. The van der Waals surface area contributed by atoms with Crippen LogP contribution in [0.4, 0.5) is 0 Å². The van der Waals surface area contributed by atoms with Crippen LogP contribution in [0.3, 0.4) is 0 Å². The minimum absolute atomic E-state index is 0.143. The van der Waals surface area contributed by atoms with Crippen LogP contribution < -0.4 is 15.2 Å². The molecule has 6 nitrogen and oxygen atoms in total. The van der Waals surface area contributed by atoms with E-state index in [1.165, 1.54) is 0 Å². The lowest BCUT2D eigenvalue weighted by molar-refractivity contribution is -0.129. The fourth-order valence-corrected chi connectivity index (χ4v) is 5.79. The first-order valence-electron chi connectivity index (χ1n) is 10.8. The Labute approximate surface area is 187 Å². The Bertz CT molecular complexity index is 1180. The second kappa shape index (κ2) is 7.63. The van der Waals surface area contributed by atoms with Gasteiger partial charge in [0.2, 0.25) is 0 Å². The molecule has 0 saturated heterocycles. The highest BCUT2D eigenvalue weighted by atomic mass is 16.5. The Kier molecular flexibility index (Phi) is 4.89. The van der Waals surface area contributed by atoms with E-state index in [0.717, 1.165) is 11.1 Å². The average molecular weight is 428 g/mol. The maximum absolute atomic E-state index is 12.7. The molecule has 0 bridgehead atoms. The van der Waals surface area contributed by atoms with Gasteiger partial charge in [-0.2, -0.15) is 5.26 Å². The zero-order chi connectivity index (χ0) is 22.3. The van der Waals surface area contributed by atoms with Gasteiger partial charge < -0.3 is 20.3 Å². The van der Waals surface area contributed by atoms with Crippen LogP contribution in [0.2, 0.25) is 0 Å². The van der Waals surface area contributed by atoms with Crippen LogP contribution in [0.5, 0.6) is 11.5 Å². The third-order valence-electron chi connectivity index (χ3n) is 7.08. The number of pyridine rings is 1. The molecule has 3 N–H and O–H groups in total. The number of rotatable bonds is 5. The van der Waals surface area contributed by atoms with Gasteiger partial charge in [-0.3, -0.25) is 4.98 Å². The molecule has 0 unspecified atom stereocenters. The third-order valence-corrected chi connectivity index (χ3v) is 7.08. The van der Waals surface area contributed by atoms with E-state index >= 15 is 0 Å². The van der Waals surface area contributed by atoms with E-state index in [1.54, 1.807) is 31.6 Å². The molecule has 1 aliphatic heterocycles. The van der Waals surface area contributed by atoms with Crippen molar-refractivity contribution < 1.29 is 14.6 Å². The maximum Gasteiger partial charge on any atom is 0.174 e. The summed E-state index contributed by atoms with van der Waals surface area (Å²) in [5.41, 5.74) is 6.58. The van der Waals surface area contributed by atoms with Crippen LogP contribution in [0, 0.1) is 17.2 Å². The fourth-order valence-electron chi connectivity index (χ4n) is 5.79. The minimum atomic E-state index is -1.38. The first-order valence-corrected chi connectivity index (χ1v) is 10.8. The Morgan fingerprint density at radius 1 is 1.19 bits per heavy atom. The molecule has 2 heterocycles. The molecular weight excluding hydrogens is 402 g/mol. The van der Waals surface area contributed by atoms with E-state index in [2.05, 4.69) is 23.2 Å². The Balaban J connectivity index is 1.82. The minimum Gasteiger partial charge on any atom is -0.495 e. The highest BCUT2D eigenvalue weighted by molar-refractivity contribution is 5.58. The molecule has 1 aliphatic carbocycles. The average Bonchev–Trinajstić information content (AvgIpc) is 3.25. The summed E-state index contributed by atoms with van der Waals surface area (Å²) in [7, 11) is 1.57. The number of methoxy groups -OCH3 is 1. The molecule has 2 aromatic carbocycles. The van der Waals surface area contributed by atoms with Gasteiger partial charge in [-0.05, 0) is 48.6 Å². The highest BCUT2D eigenvalue weighted by Gasteiger charge is 2.73. The van der Waals surface area contributed by atoms with Crippen LogP contribution in [0.15, 0.2) is 67.0 Å². The van der Waals surface area contributed by atoms with E-state index < -0.39 is 11.2 Å². The van der Waals surface area contributed by atoms with Gasteiger partial charge in [0.25, 0.3) is 0 Å². The molecule has 32 heavy (non-hydrogen) atoms. The lowest BCUT2D eigenvalue weighted by atomic mass is 9.69. The van der Waals surface area contributed by atoms with Gasteiger partial charge in [-0.15, -0.1) is 0 Å². The molecular formula is C26H25N3O3. The summed E-state index contributed by atoms with van der Waals surface area (Å²) in [6.45, 7) is 0.445. The monoisotopic (exact) mass is 427 g/mol. The van der Waals surface area contributed by atoms with Crippen molar-refractivity contribution in [2.45, 2.75) is 30.0 Å². The number of fused-ring (bicyclic) bond motifs is 3. The van der Waals surface area contributed by atoms with Crippen molar-refractivity contribution >= 4 is 0 Å². The topological polar surface area (TPSA) is 101 Å². The number of nitrogens with two attached hydrogens (primary N) is 1. The largest absolute Gasteiger partial charge is 0.495 e. The lowest BCUT2D eigenvalue weighted by Gasteiger charge is -2.42. The molecule has 0 spiro atoms. The van der Waals surface area contributed by atoms with Gasteiger partial charge in [0.15, 0.2) is 5.60 Å². The van der Waals surface area contributed by atoms with Crippen molar-refractivity contribution in [3.05, 3.63) is 89.2 Å². The standard InChI is InChI=1S/C26H25N3O3/c1-31-22-15-29-16-23-24(22)25(30)20(11-12-27)13-21(18-5-3-2-4-6-18)26(25,32-23)19-9-7-17(14-28)8-10-19/h2-10,15-16,20-21,30H,11-13,27H2,1H3/t20-,21-,25+,26-/m0/s1. The van der Waals surface area contributed by atoms with Crippen LogP contribution >= 0.6 is 0 Å². The molecule has 1 saturated carbocycles. The third kappa shape index (κ3) is 2.62. The molecule has 3 aromatic rings. The number of aromatic nitrogens is 1. The van der Waals surface area contributed by atoms with E-state index in [0.29, 0.717) is 42.0 Å². The smallest absolute Gasteiger partial charge is 0.174 e. The van der Waals surface area contributed by atoms with Crippen LogP contribution in [-0.4, -0.2) is 23.7 Å². The fraction of sp³-hybridized carbons (Fsp3) is 0.308. The zero-order valence-corrected chi connectivity index (χ0v) is 17.9. The Hall–Kier alpha value is -3.40. The second-order valence-corrected chi connectivity index (χ2v) is 8.48. The van der Waals surface area contributed by atoms with Gasteiger partial charge in [0.1, 0.15) is 17.1 Å². The van der Waals surface area contributed by atoms with Gasteiger partial charge >= 0.3 is 0 Å². The van der Waals surface area contributed by atoms with Crippen molar-refractivity contribution in [2.24, 2.45) is 11.7 Å². The molecule has 4 atom stereocenters. The van der Waals surface area contributed by atoms with Gasteiger partial charge in [-0.25, -0.2) is 0 Å². The number of benzene rings is 2. The van der Waals surface area contributed by atoms with Crippen LogP contribution in [0.25, 0.3) is 0 Å². The van der Waals surface area contributed by atoms with E-state index in [4.69, 9.17) is 15.2 Å². The summed E-state index contributed by atoms with van der Waals surface area (Å²) in [6.07, 6.45) is 4.58. The second-order valence-electron chi connectivity index (χ2n) is 8.48. The number of nitrogens with zero attached hydrogens (tertiary/aromatic N) is 2. The molecule has 6 heteroatoms. The molecule has 2 aliphatic rings. The molecule has 5 rings (SSSR count). The molecule has 1 fully saturated rings. The van der Waals surface area contributed by atoms with E-state index in [-0.39, 0.29) is 11.8 Å². The van der Waals surface area contributed by atoms with Gasteiger partial charge in [0, 0.05) is 5.92 Å². The summed E-state index contributed by atoms with van der Waals surface area (Å²) < 4.78 is 12.4. The number of hydrogen-bond donors (Lipinski definition) is 2. The summed E-state index contributed by atoms with van der Waals surface area (Å²) in [4.78, 5) is 4.28. The summed E-state index contributed by atoms with van der Waals surface area (Å²) in [5.74, 6) is 0.705. The Morgan fingerprint density at radius 2 is 1.94 bits per heavy atom. The van der Waals surface area contributed by atoms with Gasteiger partial charge in [-0.1, -0.05) is 42.5 Å². The normalized spacial score (nSPS) is 27.8. The maximum atomic E-state index is 12.7. The SMILES string of the molecule is COc1cncc2c1[C@]1(O)[C@@H](CCN)C[C@@H](c3ccccc3)[C@]1(c1ccc(C#N)cc1)O2. The molecule has 162 valence electrons. The predicted molar refractivity (Wildman–Crippen MR) is 119 cm³/mol. The van der Waals surface area contributed by atoms with Crippen molar-refractivity contribution in [1.82, 2.24) is 4.98 Å². The van der Waals surface area contributed by atoms with Crippen molar-refractivity contribution in [1.29, 1.82) is 5.26 Å². The number of ether oxygens (including phenoxy) is 2. The van der Waals surface area contributed by atoms with Crippen molar-refractivity contribution in [2.75, 3.05) is 13.7 Å². The van der Waals surface area contributed by atoms with Gasteiger partial charge in [0.05, 0.1) is 36.7 Å². The number of nitriles is 1. The zero-order valence-electron chi connectivity index (χ0n) is 17.9. The predicted octanol–water partition coefficient (Wildman–Crippen LogP) is 3.59. The molecule has 1 aromatic heterocycles. The van der Waals surface area contributed by atoms with Crippen molar-refractivity contribution in [3.63, 3.8) is 0 Å². The first kappa shape index (κ1) is 20.5. The quantitative estimate of drug-likeness (QED) is 0.645. The summed E-state index contributed by atoms with van der Waals surface area (Å²) in [5, 5.41) is 22.0. The highest BCUT2D eigenvalue weighted by Crippen LogP contribution is 2.70. The van der Waals surface area contributed by atoms with Crippen LogP contribution in [0.1, 0.15) is 41.0 Å². The number of hydrogen-bond acceptors (Lipinski definition) is 6. The molecule has 0 amide bonds. The molecule has 0 radical (unpaired) electrons. The van der Waals surface area contributed by atoms with E-state index in [1.807, 2.05) is 30.3 Å².